The van der Waals surface area contributed by atoms with E-state index in [0.29, 0.717) is 5.02 Å². The molecule has 1 aliphatic rings. The molecular weight excluding hydrogens is 265 g/mol. The first-order valence-electron chi connectivity index (χ1n) is 6.97. The lowest BCUT2D eigenvalue weighted by Crippen LogP contribution is -2.40. The van der Waals surface area contributed by atoms with E-state index in [-0.39, 0.29) is 24.0 Å². The van der Waals surface area contributed by atoms with Crippen LogP contribution in [-0.4, -0.2) is 17.3 Å². The summed E-state index contributed by atoms with van der Waals surface area (Å²) in [7, 11) is 0. The molecule has 1 aromatic rings. The Balaban J connectivity index is 2.04. The molecule has 2 N–H and O–H groups in total. The quantitative estimate of drug-likeness (QED) is 0.828. The Morgan fingerprint density at radius 3 is 2.79 bits per heavy atom. The second kappa shape index (κ2) is 6.69. The molecule has 0 aliphatic heterocycles. The zero-order valence-electron chi connectivity index (χ0n) is 11.2. The third-order valence-electron chi connectivity index (χ3n) is 3.87. The molecule has 1 fully saturated rings. The van der Waals surface area contributed by atoms with Crippen molar-refractivity contribution in [2.75, 3.05) is 0 Å². The van der Waals surface area contributed by atoms with Crippen molar-refractivity contribution < 1.29 is 9.50 Å². The molecule has 106 valence electrons. The fraction of sp³-hybridized carbons (Fsp3) is 0.600. The summed E-state index contributed by atoms with van der Waals surface area (Å²) in [5.41, 5.74) is 0.875. The molecule has 2 rings (SSSR count). The number of aliphatic hydroxyl groups excluding tert-OH is 1. The van der Waals surface area contributed by atoms with Crippen LogP contribution in [0, 0.1) is 5.82 Å². The lowest BCUT2D eigenvalue weighted by Gasteiger charge is -2.26. The van der Waals surface area contributed by atoms with Crippen LogP contribution in [0.2, 0.25) is 5.02 Å². The van der Waals surface area contributed by atoms with E-state index in [1.807, 2.05) is 6.92 Å². The average Bonchev–Trinajstić information content (AvgIpc) is 2.55. The second-order valence-corrected chi connectivity index (χ2v) is 5.77. The predicted molar refractivity (Wildman–Crippen MR) is 75.8 cm³/mol. The zero-order chi connectivity index (χ0) is 13.8. The standard InChI is InChI=1S/C15H21ClFNO/c1-10(12-8-7-11(17)9-13(12)16)18-14-5-3-2-4-6-15(14)19/h7-10,14-15,18-19H,2-6H2,1H3. The molecule has 19 heavy (non-hydrogen) atoms. The highest BCUT2D eigenvalue weighted by atomic mass is 35.5. The maximum Gasteiger partial charge on any atom is 0.124 e. The number of rotatable bonds is 3. The van der Waals surface area contributed by atoms with E-state index in [0.717, 1.165) is 31.2 Å². The van der Waals surface area contributed by atoms with Crippen LogP contribution in [-0.2, 0) is 0 Å². The van der Waals surface area contributed by atoms with Gasteiger partial charge in [-0.15, -0.1) is 0 Å². The summed E-state index contributed by atoms with van der Waals surface area (Å²) in [5.74, 6) is -0.324. The Labute approximate surface area is 119 Å². The van der Waals surface area contributed by atoms with Crippen LogP contribution in [0.25, 0.3) is 0 Å². The van der Waals surface area contributed by atoms with Gasteiger partial charge in [0.1, 0.15) is 5.82 Å². The second-order valence-electron chi connectivity index (χ2n) is 5.37. The fourth-order valence-corrected chi connectivity index (χ4v) is 3.08. The van der Waals surface area contributed by atoms with Gasteiger partial charge in [0.2, 0.25) is 0 Å². The Morgan fingerprint density at radius 2 is 2.05 bits per heavy atom. The number of hydrogen-bond acceptors (Lipinski definition) is 2. The van der Waals surface area contributed by atoms with Crippen LogP contribution in [0.4, 0.5) is 4.39 Å². The topological polar surface area (TPSA) is 32.3 Å². The minimum atomic E-state index is -0.324. The van der Waals surface area contributed by atoms with E-state index in [4.69, 9.17) is 11.6 Å². The van der Waals surface area contributed by atoms with Gasteiger partial charge in [-0.05, 0) is 37.5 Å². The molecule has 1 aliphatic carbocycles. The third-order valence-corrected chi connectivity index (χ3v) is 4.20. The molecule has 0 saturated heterocycles. The predicted octanol–water partition coefficient (Wildman–Crippen LogP) is 3.82. The Morgan fingerprint density at radius 1 is 1.32 bits per heavy atom. The highest BCUT2D eigenvalue weighted by Crippen LogP contribution is 2.26. The molecule has 3 unspecified atom stereocenters. The summed E-state index contributed by atoms with van der Waals surface area (Å²) in [6, 6.07) is 4.56. The van der Waals surface area contributed by atoms with Crippen LogP contribution in [0.15, 0.2) is 18.2 Å². The lowest BCUT2D eigenvalue weighted by molar-refractivity contribution is 0.115. The first-order valence-corrected chi connectivity index (χ1v) is 7.35. The molecular formula is C15H21ClFNO. The maximum atomic E-state index is 13.0. The van der Waals surface area contributed by atoms with Crippen molar-refractivity contribution in [3.8, 4) is 0 Å². The van der Waals surface area contributed by atoms with Gasteiger partial charge in [0.15, 0.2) is 0 Å². The summed E-state index contributed by atoms with van der Waals surface area (Å²) in [4.78, 5) is 0. The molecule has 0 amide bonds. The number of hydrogen-bond donors (Lipinski definition) is 2. The van der Waals surface area contributed by atoms with Gasteiger partial charge in [0.05, 0.1) is 6.10 Å². The molecule has 0 bridgehead atoms. The normalized spacial score (nSPS) is 25.9. The van der Waals surface area contributed by atoms with Crippen LogP contribution in [0.3, 0.4) is 0 Å². The average molecular weight is 286 g/mol. The summed E-state index contributed by atoms with van der Waals surface area (Å²) >= 11 is 6.07. The number of aliphatic hydroxyl groups is 1. The first-order chi connectivity index (χ1) is 9.08. The largest absolute Gasteiger partial charge is 0.392 e. The molecule has 2 nitrogen and oxygen atoms in total. The summed E-state index contributed by atoms with van der Waals surface area (Å²) in [5, 5.41) is 14.0. The minimum absolute atomic E-state index is 0.00542. The first kappa shape index (κ1) is 14.8. The number of benzene rings is 1. The van der Waals surface area contributed by atoms with E-state index < -0.39 is 0 Å². The van der Waals surface area contributed by atoms with Crippen molar-refractivity contribution in [1.29, 1.82) is 0 Å². The van der Waals surface area contributed by atoms with Crippen LogP contribution >= 0.6 is 11.6 Å². The van der Waals surface area contributed by atoms with Crippen LogP contribution in [0.1, 0.15) is 50.6 Å². The molecule has 1 saturated carbocycles. The molecule has 4 heteroatoms. The van der Waals surface area contributed by atoms with Gasteiger partial charge in [-0.25, -0.2) is 4.39 Å². The maximum absolute atomic E-state index is 13.0. The SMILES string of the molecule is CC(NC1CCCCCC1O)c1ccc(F)cc1Cl. The van der Waals surface area contributed by atoms with Crippen molar-refractivity contribution in [3.63, 3.8) is 0 Å². The van der Waals surface area contributed by atoms with E-state index in [1.165, 1.54) is 18.6 Å². The molecule has 0 radical (unpaired) electrons. The van der Waals surface area contributed by atoms with Crippen molar-refractivity contribution in [3.05, 3.63) is 34.6 Å². The number of nitrogens with one attached hydrogen (secondary N) is 1. The molecule has 1 aromatic carbocycles. The van der Waals surface area contributed by atoms with E-state index in [2.05, 4.69) is 5.32 Å². The summed E-state index contributed by atoms with van der Waals surface area (Å²) < 4.78 is 13.0. The molecule has 0 heterocycles. The number of halogens is 2. The fourth-order valence-electron chi connectivity index (χ4n) is 2.75. The van der Waals surface area contributed by atoms with Gasteiger partial charge in [0.25, 0.3) is 0 Å². The van der Waals surface area contributed by atoms with Gasteiger partial charge in [-0.3, -0.25) is 0 Å². The third kappa shape index (κ3) is 3.91. The van der Waals surface area contributed by atoms with Crippen molar-refractivity contribution >= 4 is 11.6 Å². The molecule has 3 atom stereocenters. The van der Waals surface area contributed by atoms with Gasteiger partial charge in [-0.2, -0.15) is 0 Å². The Bertz CT molecular complexity index is 427. The van der Waals surface area contributed by atoms with Crippen molar-refractivity contribution in [2.45, 2.75) is 57.2 Å². The smallest absolute Gasteiger partial charge is 0.124 e. The van der Waals surface area contributed by atoms with E-state index in [1.54, 1.807) is 6.07 Å². The highest BCUT2D eigenvalue weighted by Gasteiger charge is 2.23. The van der Waals surface area contributed by atoms with Gasteiger partial charge in [-0.1, -0.05) is 36.9 Å². The van der Waals surface area contributed by atoms with Crippen LogP contribution in [0.5, 0.6) is 0 Å². The molecule has 0 aromatic heterocycles. The minimum Gasteiger partial charge on any atom is -0.392 e. The van der Waals surface area contributed by atoms with Gasteiger partial charge in [0, 0.05) is 17.1 Å². The zero-order valence-corrected chi connectivity index (χ0v) is 12.0. The van der Waals surface area contributed by atoms with E-state index >= 15 is 0 Å². The van der Waals surface area contributed by atoms with E-state index in [9.17, 15) is 9.50 Å². The monoisotopic (exact) mass is 285 g/mol. The summed E-state index contributed by atoms with van der Waals surface area (Å²) in [6.07, 6.45) is 4.93. The van der Waals surface area contributed by atoms with Gasteiger partial charge < -0.3 is 10.4 Å². The Hall–Kier alpha value is -0.640. The van der Waals surface area contributed by atoms with Crippen LogP contribution < -0.4 is 5.32 Å². The lowest BCUT2D eigenvalue weighted by atomic mass is 10.0. The van der Waals surface area contributed by atoms with Crippen molar-refractivity contribution in [1.82, 2.24) is 5.32 Å². The highest BCUT2D eigenvalue weighted by molar-refractivity contribution is 6.31. The Kier molecular flexibility index (Phi) is 5.20. The molecule has 0 spiro atoms. The van der Waals surface area contributed by atoms with Gasteiger partial charge >= 0.3 is 0 Å². The van der Waals surface area contributed by atoms with Crippen molar-refractivity contribution in [2.24, 2.45) is 0 Å². The summed E-state index contributed by atoms with van der Waals surface area (Å²) in [6.45, 7) is 2.00.